The Morgan fingerprint density at radius 3 is 2.17 bits per heavy atom. The van der Waals surface area contributed by atoms with E-state index in [-0.39, 0.29) is 16.0 Å². The van der Waals surface area contributed by atoms with Gasteiger partial charge in [-0.3, -0.25) is 4.40 Å². The molecule has 40 heavy (non-hydrogen) atoms. The molecule has 212 valence electrons. The number of nitrogens with zero attached hydrogens (tertiary/aromatic N) is 6. The first-order chi connectivity index (χ1) is 18.8. The molecule has 1 aliphatic heterocycles. The maximum absolute atomic E-state index is 13.4. The monoisotopic (exact) mass is 591 g/mol. The largest absolute Gasteiger partial charge is 0.280 e. The van der Waals surface area contributed by atoms with Gasteiger partial charge in [-0.15, -0.1) is 10.2 Å². The molecule has 3 saturated carbocycles. The van der Waals surface area contributed by atoms with E-state index in [9.17, 15) is 25.6 Å². The van der Waals surface area contributed by atoms with E-state index >= 15 is 0 Å². The third-order valence-electron chi connectivity index (χ3n) is 8.84. The molecular weight excluding hydrogens is 564 g/mol. The van der Waals surface area contributed by atoms with Gasteiger partial charge in [0.1, 0.15) is 5.82 Å². The van der Waals surface area contributed by atoms with Crippen LogP contribution in [0, 0.1) is 6.92 Å². The van der Waals surface area contributed by atoms with Gasteiger partial charge in [-0.25, -0.2) is 26.2 Å². The maximum atomic E-state index is 13.4. The van der Waals surface area contributed by atoms with Gasteiger partial charge in [-0.2, -0.15) is 17.4 Å². The lowest BCUT2D eigenvalue weighted by atomic mass is 9.57. The second-order valence-corrected chi connectivity index (χ2v) is 14.9. The summed E-state index contributed by atoms with van der Waals surface area (Å²) in [5.41, 5.74) is 1.18. The summed E-state index contributed by atoms with van der Waals surface area (Å²) >= 11 is 0. The van der Waals surface area contributed by atoms with E-state index in [1.54, 1.807) is 30.3 Å². The number of aryl methyl sites for hydroxylation is 1. The van der Waals surface area contributed by atoms with Gasteiger partial charge < -0.3 is 0 Å². The van der Waals surface area contributed by atoms with E-state index in [0.29, 0.717) is 55.5 Å². The summed E-state index contributed by atoms with van der Waals surface area (Å²) in [6, 6.07) is 8.31. The minimum atomic E-state index is -4.01. The molecule has 2 bridgehead atoms. The number of alkyl halides is 2. The highest BCUT2D eigenvalue weighted by Crippen LogP contribution is 2.53. The standard InChI is InChI=1S/C25H27F2N7O4S2/c1-17-2-4-18(5-3-17)39(35,36)33-13-6-19-21(33)28-14-20-29-30-22(34(19)20)23-7-10-24(11-8-23,12-9-23)31-40(37,38)32-15-25(26,27)16-32/h2-6,13-14,31H,7-12,15-16H2,1H3. The molecule has 1 saturated heterocycles. The lowest BCUT2D eigenvalue weighted by molar-refractivity contribution is -0.0955. The Hall–Kier alpha value is -3.01. The first-order valence-electron chi connectivity index (χ1n) is 13.0. The Balaban J connectivity index is 1.21. The van der Waals surface area contributed by atoms with Crippen molar-refractivity contribution in [2.45, 2.75) is 67.2 Å². The molecule has 0 unspecified atom stereocenters. The summed E-state index contributed by atoms with van der Waals surface area (Å²) < 4.78 is 85.6. The van der Waals surface area contributed by atoms with Crippen molar-refractivity contribution in [1.29, 1.82) is 0 Å². The van der Waals surface area contributed by atoms with Crippen LogP contribution in [0.4, 0.5) is 8.78 Å². The molecule has 1 aromatic carbocycles. The van der Waals surface area contributed by atoms with Crippen molar-refractivity contribution >= 4 is 37.0 Å². The predicted molar refractivity (Wildman–Crippen MR) is 141 cm³/mol. The van der Waals surface area contributed by atoms with Crippen molar-refractivity contribution in [3.05, 3.63) is 54.1 Å². The predicted octanol–water partition coefficient (Wildman–Crippen LogP) is 2.75. The zero-order valence-corrected chi connectivity index (χ0v) is 23.2. The number of nitrogens with one attached hydrogen (secondary N) is 1. The van der Waals surface area contributed by atoms with Crippen LogP contribution >= 0.6 is 0 Å². The number of hydrogen-bond acceptors (Lipinski definition) is 7. The zero-order chi connectivity index (χ0) is 28.1. The fraction of sp³-hybridized carbons (Fsp3) is 0.480. The lowest BCUT2D eigenvalue weighted by Crippen LogP contribution is -2.66. The first kappa shape index (κ1) is 25.9. The quantitative estimate of drug-likeness (QED) is 0.365. The summed E-state index contributed by atoms with van der Waals surface area (Å²) in [6.45, 7) is 0.296. The second kappa shape index (κ2) is 8.27. The van der Waals surface area contributed by atoms with Crippen molar-refractivity contribution in [3.8, 4) is 0 Å². The van der Waals surface area contributed by atoms with E-state index in [1.807, 2.05) is 11.3 Å². The van der Waals surface area contributed by atoms with Gasteiger partial charge in [0, 0.05) is 17.2 Å². The van der Waals surface area contributed by atoms with E-state index in [2.05, 4.69) is 19.9 Å². The van der Waals surface area contributed by atoms with Crippen LogP contribution in [0.15, 0.2) is 47.6 Å². The molecule has 0 amide bonds. The number of halogens is 2. The summed E-state index contributed by atoms with van der Waals surface area (Å²) in [6.07, 6.45) is 6.45. The third kappa shape index (κ3) is 3.81. The number of rotatable bonds is 6. The Kier molecular flexibility index (Phi) is 5.36. The molecule has 0 radical (unpaired) electrons. The molecule has 3 aliphatic carbocycles. The highest BCUT2D eigenvalue weighted by atomic mass is 32.2. The molecular formula is C25H27F2N7O4S2. The number of hydrogen-bond donors (Lipinski definition) is 1. The van der Waals surface area contributed by atoms with Crippen LogP contribution in [0.2, 0.25) is 0 Å². The molecule has 4 heterocycles. The summed E-state index contributed by atoms with van der Waals surface area (Å²) in [5.74, 6) is -2.28. The normalized spacial score (nSPS) is 26.9. The fourth-order valence-electron chi connectivity index (χ4n) is 6.44. The molecule has 1 N–H and O–H groups in total. The zero-order valence-electron chi connectivity index (χ0n) is 21.6. The minimum absolute atomic E-state index is 0.153. The minimum Gasteiger partial charge on any atom is -0.274 e. The molecule has 4 fully saturated rings. The number of benzene rings is 1. The van der Waals surface area contributed by atoms with Crippen LogP contribution in [0.3, 0.4) is 0 Å². The molecule has 4 aromatic rings. The SMILES string of the molecule is Cc1ccc(S(=O)(=O)n2ccc3c2ncc2nnc(C45CCC(NS(=O)(=O)N6CC(F)(F)C6)(CC4)CC5)n23)cc1. The average molecular weight is 592 g/mol. The van der Waals surface area contributed by atoms with Crippen LogP contribution in [0.1, 0.15) is 49.9 Å². The molecule has 0 atom stereocenters. The second-order valence-electron chi connectivity index (χ2n) is 11.4. The van der Waals surface area contributed by atoms with Crippen LogP contribution in [0.5, 0.6) is 0 Å². The van der Waals surface area contributed by atoms with E-state index < -0.39 is 44.8 Å². The molecule has 8 rings (SSSR count). The highest BCUT2D eigenvalue weighted by molar-refractivity contribution is 7.90. The van der Waals surface area contributed by atoms with Crippen LogP contribution in [0.25, 0.3) is 16.8 Å². The van der Waals surface area contributed by atoms with Crippen LogP contribution < -0.4 is 4.72 Å². The fourth-order valence-corrected chi connectivity index (χ4v) is 9.44. The van der Waals surface area contributed by atoms with E-state index in [0.717, 1.165) is 13.8 Å². The van der Waals surface area contributed by atoms with Crippen molar-refractivity contribution in [1.82, 2.24) is 32.6 Å². The van der Waals surface area contributed by atoms with Crippen molar-refractivity contribution < 1.29 is 25.6 Å². The topological polar surface area (TPSA) is 132 Å². The van der Waals surface area contributed by atoms with Crippen molar-refractivity contribution in [3.63, 3.8) is 0 Å². The smallest absolute Gasteiger partial charge is 0.274 e. The Morgan fingerprint density at radius 1 is 0.900 bits per heavy atom. The summed E-state index contributed by atoms with van der Waals surface area (Å²) in [5, 5.41) is 8.85. The molecule has 11 nitrogen and oxygen atoms in total. The van der Waals surface area contributed by atoms with Crippen molar-refractivity contribution in [2.75, 3.05) is 13.1 Å². The van der Waals surface area contributed by atoms with Gasteiger partial charge in [0.25, 0.3) is 26.2 Å². The van der Waals surface area contributed by atoms with Gasteiger partial charge >= 0.3 is 0 Å². The number of fused-ring (bicyclic) bond motifs is 6. The first-order valence-corrected chi connectivity index (χ1v) is 15.9. The average Bonchev–Trinajstić information content (AvgIpc) is 3.53. The molecule has 4 aliphatic rings. The number of aromatic nitrogens is 5. The Morgan fingerprint density at radius 2 is 1.55 bits per heavy atom. The van der Waals surface area contributed by atoms with Gasteiger partial charge in [-0.05, 0) is 63.6 Å². The molecule has 3 aromatic heterocycles. The summed E-state index contributed by atoms with van der Waals surface area (Å²) in [7, 11) is -7.91. The van der Waals surface area contributed by atoms with Crippen LogP contribution in [-0.4, -0.2) is 69.2 Å². The van der Waals surface area contributed by atoms with Crippen LogP contribution in [-0.2, 0) is 25.6 Å². The molecule has 0 spiro atoms. The maximum Gasteiger partial charge on any atom is 0.280 e. The third-order valence-corrected chi connectivity index (χ3v) is 12.1. The van der Waals surface area contributed by atoms with Gasteiger partial charge in [0.15, 0.2) is 11.3 Å². The molecule has 15 heteroatoms. The van der Waals surface area contributed by atoms with E-state index in [1.165, 1.54) is 12.4 Å². The summed E-state index contributed by atoms with van der Waals surface area (Å²) in [4.78, 5) is 4.57. The highest BCUT2D eigenvalue weighted by Gasteiger charge is 2.56. The Bertz CT molecular complexity index is 1850. The van der Waals surface area contributed by atoms with Gasteiger partial charge in [-0.1, -0.05) is 17.7 Å². The van der Waals surface area contributed by atoms with Gasteiger partial charge in [0.05, 0.1) is 29.7 Å². The van der Waals surface area contributed by atoms with E-state index in [4.69, 9.17) is 0 Å². The van der Waals surface area contributed by atoms with Crippen molar-refractivity contribution in [2.24, 2.45) is 0 Å². The Labute approximate surface area is 229 Å². The van der Waals surface area contributed by atoms with Gasteiger partial charge in [0.2, 0.25) is 0 Å². The lowest BCUT2D eigenvalue weighted by Gasteiger charge is -2.53.